The van der Waals surface area contributed by atoms with Crippen LogP contribution in [0.1, 0.15) is 22.8 Å². The van der Waals surface area contributed by atoms with Crippen molar-refractivity contribution in [2.75, 3.05) is 0 Å². The van der Waals surface area contributed by atoms with Gasteiger partial charge in [0, 0.05) is 34.2 Å². The molecule has 4 rings (SSSR count). The number of hydrogen-bond acceptors (Lipinski definition) is 3. The lowest BCUT2D eigenvalue weighted by atomic mass is 10.1. The van der Waals surface area contributed by atoms with Crippen molar-refractivity contribution < 1.29 is 9.90 Å². The number of hydrogen-bond donors (Lipinski definition) is 2. The summed E-state index contributed by atoms with van der Waals surface area (Å²) in [5.74, 6) is -0.581. The average molecular weight is 418 g/mol. The van der Waals surface area contributed by atoms with Crippen LogP contribution in [0.5, 0.6) is 0 Å². The molecule has 0 aliphatic carbocycles. The summed E-state index contributed by atoms with van der Waals surface area (Å²) in [5.41, 5.74) is 5.99. The van der Waals surface area contributed by atoms with Gasteiger partial charge >= 0.3 is 0 Å². The van der Waals surface area contributed by atoms with E-state index in [4.69, 9.17) is 11.6 Å². The summed E-state index contributed by atoms with van der Waals surface area (Å²) >= 11 is 5.98. The summed E-state index contributed by atoms with van der Waals surface area (Å²) in [7, 11) is 0. The SMILES string of the molecule is O=C(N/N=C\c1cn(Cc2ccc(Cl)cc2)c2ccccc12)[C@H](O)c1ccccc1. The van der Waals surface area contributed by atoms with Crippen LogP contribution in [0.25, 0.3) is 10.9 Å². The van der Waals surface area contributed by atoms with E-state index < -0.39 is 12.0 Å². The molecule has 6 heteroatoms. The van der Waals surface area contributed by atoms with Crippen LogP contribution >= 0.6 is 11.6 Å². The van der Waals surface area contributed by atoms with Crippen LogP contribution in [0.3, 0.4) is 0 Å². The first-order valence-corrected chi connectivity index (χ1v) is 9.88. The lowest BCUT2D eigenvalue weighted by Gasteiger charge is -2.08. The first kappa shape index (κ1) is 19.9. The molecule has 0 spiro atoms. The first-order valence-electron chi connectivity index (χ1n) is 9.50. The van der Waals surface area contributed by atoms with E-state index in [2.05, 4.69) is 15.1 Å². The van der Waals surface area contributed by atoms with Crippen LogP contribution in [-0.4, -0.2) is 21.8 Å². The van der Waals surface area contributed by atoms with E-state index in [1.54, 1.807) is 30.5 Å². The van der Waals surface area contributed by atoms with Gasteiger partial charge < -0.3 is 9.67 Å². The topological polar surface area (TPSA) is 66.6 Å². The van der Waals surface area contributed by atoms with Gasteiger partial charge in [-0.05, 0) is 29.3 Å². The molecule has 0 aliphatic heterocycles. The van der Waals surface area contributed by atoms with Crippen LogP contribution in [0, 0.1) is 0 Å². The standard InChI is InChI=1S/C24H20ClN3O2/c25-20-12-10-17(11-13-20)15-28-16-19(21-8-4-5-9-22(21)28)14-26-27-24(30)23(29)18-6-2-1-3-7-18/h1-14,16,23,29H,15H2,(H,27,30)/b26-14-/t23-/m1/s1. The Labute approximate surface area is 179 Å². The summed E-state index contributed by atoms with van der Waals surface area (Å²) < 4.78 is 2.13. The number of fused-ring (bicyclic) bond motifs is 1. The molecule has 3 aromatic carbocycles. The van der Waals surface area contributed by atoms with Gasteiger partial charge in [0.1, 0.15) is 0 Å². The van der Waals surface area contributed by atoms with Crippen molar-refractivity contribution in [2.24, 2.45) is 5.10 Å². The second-order valence-corrected chi connectivity index (χ2v) is 7.34. The Hall–Kier alpha value is -3.41. The number of carbonyl (C=O) groups excluding carboxylic acids is 1. The van der Waals surface area contributed by atoms with E-state index in [9.17, 15) is 9.90 Å². The normalized spacial score (nSPS) is 12.3. The minimum atomic E-state index is -1.27. The Balaban J connectivity index is 1.52. The van der Waals surface area contributed by atoms with Gasteiger partial charge in [-0.25, -0.2) is 5.43 Å². The highest BCUT2D eigenvalue weighted by atomic mass is 35.5. The van der Waals surface area contributed by atoms with Gasteiger partial charge in [-0.3, -0.25) is 4.79 Å². The molecule has 4 aromatic rings. The largest absolute Gasteiger partial charge is 0.378 e. The molecule has 0 fully saturated rings. The lowest BCUT2D eigenvalue weighted by molar-refractivity contribution is -0.129. The third kappa shape index (κ3) is 4.43. The molecule has 30 heavy (non-hydrogen) atoms. The van der Waals surface area contributed by atoms with E-state index in [0.717, 1.165) is 22.0 Å². The van der Waals surface area contributed by atoms with E-state index in [1.807, 2.05) is 60.8 Å². The molecular weight excluding hydrogens is 398 g/mol. The van der Waals surface area contributed by atoms with Gasteiger partial charge in [-0.2, -0.15) is 5.10 Å². The summed E-state index contributed by atoms with van der Waals surface area (Å²) in [6.07, 6.45) is 2.31. The molecule has 0 bridgehead atoms. The zero-order valence-electron chi connectivity index (χ0n) is 16.1. The highest BCUT2D eigenvalue weighted by molar-refractivity contribution is 6.30. The van der Waals surface area contributed by atoms with Crippen molar-refractivity contribution >= 4 is 34.6 Å². The van der Waals surface area contributed by atoms with Gasteiger partial charge in [-0.1, -0.05) is 72.3 Å². The van der Waals surface area contributed by atoms with E-state index in [0.29, 0.717) is 17.1 Å². The van der Waals surface area contributed by atoms with Crippen molar-refractivity contribution in [1.29, 1.82) is 0 Å². The fourth-order valence-electron chi connectivity index (χ4n) is 3.31. The number of amides is 1. The molecule has 2 N–H and O–H groups in total. The second-order valence-electron chi connectivity index (χ2n) is 6.90. The molecule has 0 aliphatic rings. The number of benzene rings is 3. The summed E-state index contributed by atoms with van der Waals surface area (Å²) in [6, 6.07) is 24.5. The van der Waals surface area contributed by atoms with Gasteiger partial charge in [0.25, 0.3) is 5.91 Å². The first-order chi connectivity index (χ1) is 14.6. The monoisotopic (exact) mass is 417 g/mol. The number of aliphatic hydroxyl groups is 1. The van der Waals surface area contributed by atoms with Crippen molar-refractivity contribution in [3.63, 3.8) is 0 Å². The quantitative estimate of drug-likeness (QED) is 0.357. The number of para-hydroxylation sites is 1. The van der Waals surface area contributed by atoms with Crippen LogP contribution in [0.2, 0.25) is 5.02 Å². The highest BCUT2D eigenvalue weighted by Gasteiger charge is 2.16. The zero-order chi connectivity index (χ0) is 20.9. The molecule has 0 unspecified atom stereocenters. The van der Waals surface area contributed by atoms with E-state index in [1.165, 1.54) is 0 Å². The van der Waals surface area contributed by atoms with Gasteiger partial charge in [0.15, 0.2) is 6.10 Å². The molecule has 1 aromatic heterocycles. The number of rotatable bonds is 6. The summed E-state index contributed by atoms with van der Waals surface area (Å²) in [4.78, 5) is 12.2. The number of carbonyl (C=O) groups is 1. The number of aromatic nitrogens is 1. The Bertz CT molecular complexity index is 1180. The maximum absolute atomic E-state index is 12.2. The maximum Gasteiger partial charge on any atom is 0.273 e. The number of nitrogens with zero attached hydrogens (tertiary/aromatic N) is 2. The van der Waals surface area contributed by atoms with Crippen LogP contribution in [-0.2, 0) is 11.3 Å². The fraction of sp³-hybridized carbons (Fsp3) is 0.0833. The zero-order valence-corrected chi connectivity index (χ0v) is 16.8. The van der Waals surface area contributed by atoms with Gasteiger partial charge in [0.05, 0.1) is 6.21 Å². The second kappa shape index (κ2) is 8.95. The Kier molecular flexibility index (Phi) is 5.93. The Morgan fingerprint density at radius 3 is 2.50 bits per heavy atom. The third-order valence-electron chi connectivity index (χ3n) is 4.83. The Morgan fingerprint density at radius 2 is 1.73 bits per heavy atom. The smallest absolute Gasteiger partial charge is 0.273 e. The number of aliphatic hydroxyl groups excluding tert-OH is 1. The van der Waals surface area contributed by atoms with Crippen LogP contribution < -0.4 is 5.43 Å². The lowest BCUT2D eigenvalue weighted by Crippen LogP contribution is -2.25. The van der Waals surface area contributed by atoms with Gasteiger partial charge in [0.2, 0.25) is 0 Å². The molecule has 0 saturated carbocycles. The van der Waals surface area contributed by atoms with Crippen molar-refractivity contribution in [1.82, 2.24) is 9.99 Å². The molecule has 0 radical (unpaired) electrons. The van der Waals surface area contributed by atoms with E-state index in [-0.39, 0.29) is 0 Å². The van der Waals surface area contributed by atoms with Crippen LogP contribution in [0.4, 0.5) is 0 Å². The predicted molar refractivity (Wildman–Crippen MR) is 120 cm³/mol. The summed E-state index contributed by atoms with van der Waals surface area (Å²) in [6.45, 7) is 0.685. The highest BCUT2D eigenvalue weighted by Crippen LogP contribution is 2.22. The molecule has 1 atom stereocenters. The fourth-order valence-corrected chi connectivity index (χ4v) is 3.43. The van der Waals surface area contributed by atoms with Crippen molar-refractivity contribution in [2.45, 2.75) is 12.6 Å². The molecular formula is C24H20ClN3O2. The van der Waals surface area contributed by atoms with E-state index >= 15 is 0 Å². The molecule has 150 valence electrons. The van der Waals surface area contributed by atoms with Crippen molar-refractivity contribution in [3.05, 3.63) is 107 Å². The third-order valence-corrected chi connectivity index (χ3v) is 5.08. The molecule has 0 saturated heterocycles. The number of halogens is 1. The maximum atomic E-state index is 12.2. The molecule has 1 amide bonds. The molecule has 5 nitrogen and oxygen atoms in total. The predicted octanol–water partition coefficient (Wildman–Crippen LogP) is 4.53. The number of nitrogens with one attached hydrogen (secondary N) is 1. The van der Waals surface area contributed by atoms with Crippen molar-refractivity contribution in [3.8, 4) is 0 Å². The summed E-state index contributed by atoms with van der Waals surface area (Å²) in [5, 5.41) is 15.9. The minimum absolute atomic E-state index is 0.518. The van der Waals surface area contributed by atoms with Crippen LogP contribution in [0.15, 0.2) is 90.2 Å². The number of hydrazone groups is 1. The molecule has 1 heterocycles. The Morgan fingerprint density at radius 1 is 1.03 bits per heavy atom. The van der Waals surface area contributed by atoms with Gasteiger partial charge in [-0.15, -0.1) is 0 Å². The minimum Gasteiger partial charge on any atom is -0.378 e. The average Bonchev–Trinajstić information content (AvgIpc) is 3.13.